The van der Waals surface area contributed by atoms with Crippen LogP contribution in [0.4, 0.5) is 0 Å². The summed E-state index contributed by atoms with van der Waals surface area (Å²) >= 11 is 0. The molecule has 0 amide bonds. The van der Waals surface area contributed by atoms with Crippen LogP contribution in [0.5, 0.6) is 0 Å². The summed E-state index contributed by atoms with van der Waals surface area (Å²) in [5, 5.41) is 3.49. The first-order valence-corrected chi connectivity index (χ1v) is 6.77. The van der Waals surface area contributed by atoms with Crippen LogP contribution in [0.3, 0.4) is 0 Å². The first kappa shape index (κ1) is 14.2. The quantitative estimate of drug-likeness (QED) is 0.786. The molecule has 0 aliphatic carbocycles. The van der Waals surface area contributed by atoms with E-state index in [1.54, 1.807) is 0 Å². The molecular weight excluding hydrogens is 206 g/mol. The highest BCUT2D eigenvalue weighted by Crippen LogP contribution is 2.26. The molecule has 0 fully saturated rings. The van der Waals surface area contributed by atoms with Gasteiger partial charge in [-0.1, -0.05) is 50.1 Å². The molecule has 0 aliphatic rings. The van der Waals surface area contributed by atoms with Crippen LogP contribution in [-0.4, -0.2) is 13.1 Å². The zero-order chi connectivity index (χ0) is 12.9. The number of nitrogens with one attached hydrogen (secondary N) is 1. The molecule has 17 heavy (non-hydrogen) atoms. The first-order chi connectivity index (χ1) is 7.99. The van der Waals surface area contributed by atoms with Gasteiger partial charge in [-0.05, 0) is 44.2 Å². The average molecular weight is 233 g/mol. The van der Waals surface area contributed by atoms with E-state index in [1.807, 2.05) is 0 Å². The van der Waals surface area contributed by atoms with Crippen molar-refractivity contribution in [1.82, 2.24) is 5.32 Å². The van der Waals surface area contributed by atoms with Gasteiger partial charge in [0.15, 0.2) is 0 Å². The maximum absolute atomic E-state index is 3.49. The van der Waals surface area contributed by atoms with Crippen molar-refractivity contribution >= 4 is 0 Å². The second kappa shape index (κ2) is 6.20. The Morgan fingerprint density at radius 1 is 1.06 bits per heavy atom. The fraction of sp³-hybridized carbons (Fsp3) is 0.625. The van der Waals surface area contributed by atoms with Crippen molar-refractivity contribution in [3.8, 4) is 0 Å². The van der Waals surface area contributed by atoms with Crippen LogP contribution in [0.2, 0.25) is 0 Å². The minimum atomic E-state index is 0.371. The van der Waals surface area contributed by atoms with Gasteiger partial charge in [-0.25, -0.2) is 0 Å². The molecule has 1 rings (SSSR count). The Hall–Kier alpha value is -0.820. The summed E-state index contributed by atoms with van der Waals surface area (Å²) in [4.78, 5) is 0. The topological polar surface area (TPSA) is 12.0 Å². The van der Waals surface area contributed by atoms with Crippen molar-refractivity contribution in [2.75, 3.05) is 13.1 Å². The van der Waals surface area contributed by atoms with Crippen molar-refractivity contribution in [2.24, 2.45) is 5.41 Å². The van der Waals surface area contributed by atoms with Gasteiger partial charge in [-0.15, -0.1) is 0 Å². The van der Waals surface area contributed by atoms with Gasteiger partial charge >= 0.3 is 0 Å². The van der Waals surface area contributed by atoms with E-state index in [2.05, 4.69) is 58.1 Å². The van der Waals surface area contributed by atoms with Crippen LogP contribution < -0.4 is 5.32 Å². The number of aryl methyl sites for hydroxylation is 2. The zero-order valence-corrected chi connectivity index (χ0v) is 12.1. The lowest BCUT2D eigenvalue weighted by atomic mass is 9.80. The second-order valence-corrected chi connectivity index (χ2v) is 5.62. The van der Waals surface area contributed by atoms with Crippen LogP contribution in [0, 0.1) is 19.3 Å². The second-order valence-electron chi connectivity index (χ2n) is 5.62. The minimum absolute atomic E-state index is 0.371. The molecule has 96 valence electrons. The summed E-state index contributed by atoms with van der Waals surface area (Å²) in [5.41, 5.74) is 4.60. The van der Waals surface area contributed by atoms with Crippen LogP contribution in [0.15, 0.2) is 18.2 Å². The molecule has 1 atom stereocenters. The van der Waals surface area contributed by atoms with E-state index < -0.39 is 0 Å². The smallest absolute Gasteiger partial charge is 0.000813 e. The highest BCUT2D eigenvalue weighted by Gasteiger charge is 2.22. The Labute approximate surface area is 107 Å². The van der Waals surface area contributed by atoms with E-state index in [4.69, 9.17) is 0 Å². The van der Waals surface area contributed by atoms with Crippen LogP contribution in [0.25, 0.3) is 0 Å². The van der Waals surface area contributed by atoms with Crippen LogP contribution in [-0.2, 0) is 6.42 Å². The Balaban J connectivity index is 2.79. The molecule has 0 saturated carbocycles. The molecule has 0 spiro atoms. The molecule has 0 radical (unpaired) electrons. The van der Waals surface area contributed by atoms with Gasteiger partial charge in [-0.2, -0.15) is 0 Å². The van der Waals surface area contributed by atoms with Gasteiger partial charge in [-0.3, -0.25) is 0 Å². The normalized spacial score (nSPS) is 14.6. The highest BCUT2D eigenvalue weighted by molar-refractivity contribution is 5.29. The van der Waals surface area contributed by atoms with E-state index in [1.165, 1.54) is 29.5 Å². The molecule has 1 aromatic rings. The summed E-state index contributed by atoms with van der Waals surface area (Å²) in [5.74, 6) is 0. The van der Waals surface area contributed by atoms with E-state index in [9.17, 15) is 0 Å². The summed E-state index contributed by atoms with van der Waals surface area (Å²) < 4.78 is 0. The predicted octanol–water partition coefficient (Wildman–Crippen LogP) is 3.87. The third kappa shape index (κ3) is 4.51. The number of hydrogen-bond donors (Lipinski definition) is 1. The van der Waals surface area contributed by atoms with Gasteiger partial charge in [0.05, 0.1) is 0 Å². The van der Waals surface area contributed by atoms with Gasteiger partial charge in [0.25, 0.3) is 0 Å². The Morgan fingerprint density at radius 3 is 2.12 bits per heavy atom. The lowest BCUT2D eigenvalue weighted by Crippen LogP contribution is -2.33. The number of hydrogen-bond acceptors (Lipinski definition) is 1. The van der Waals surface area contributed by atoms with E-state index in [0.717, 1.165) is 13.1 Å². The van der Waals surface area contributed by atoms with Gasteiger partial charge in [0, 0.05) is 6.54 Å². The van der Waals surface area contributed by atoms with Gasteiger partial charge < -0.3 is 5.32 Å². The summed E-state index contributed by atoms with van der Waals surface area (Å²) in [6, 6.07) is 6.90. The Morgan fingerprint density at radius 2 is 1.65 bits per heavy atom. The van der Waals surface area contributed by atoms with Crippen molar-refractivity contribution < 1.29 is 0 Å². The molecule has 1 N–H and O–H groups in total. The lowest BCUT2D eigenvalue weighted by Gasteiger charge is -2.29. The maximum atomic E-state index is 3.49. The predicted molar refractivity (Wildman–Crippen MR) is 76.6 cm³/mol. The molecule has 0 heterocycles. The first-order valence-electron chi connectivity index (χ1n) is 6.77. The van der Waals surface area contributed by atoms with Crippen molar-refractivity contribution in [3.05, 3.63) is 34.9 Å². The van der Waals surface area contributed by atoms with Crippen molar-refractivity contribution in [2.45, 2.75) is 47.5 Å². The molecule has 0 aliphatic heterocycles. The molecule has 0 aromatic heterocycles. The number of rotatable bonds is 6. The monoisotopic (exact) mass is 233 g/mol. The molecule has 1 unspecified atom stereocenters. The summed E-state index contributed by atoms with van der Waals surface area (Å²) in [6.07, 6.45) is 2.38. The maximum Gasteiger partial charge on any atom is 0.000813 e. The molecule has 1 aromatic carbocycles. The van der Waals surface area contributed by atoms with Gasteiger partial charge in [0.2, 0.25) is 0 Å². The number of benzene rings is 1. The van der Waals surface area contributed by atoms with Crippen molar-refractivity contribution in [3.63, 3.8) is 0 Å². The highest BCUT2D eigenvalue weighted by atomic mass is 14.9. The van der Waals surface area contributed by atoms with Crippen molar-refractivity contribution in [1.29, 1.82) is 0 Å². The largest absolute Gasteiger partial charge is 0.316 e. The summed E-state index contributed by atoms with van der Waals surface area (Å²) in [7, 11) is 0. The van der Waals surface area contributed by atoms with Gasteiger partial charge in [0.1, 0.15) is 0 Å². The molecule has 0 saturated heterocycles. The third-order valence-corrected chi connectivity index (χ3v) is 3.57. The molecular formula is C16H27N. The Bertz CT molecular complexity index is 336. The van der Waals surface area contributed by atoms with E-state index in [0.29, 0.717) is 5.41 Å². The fourth-order valence-corrected chi connectivity index (χ4v) is 2.40. The third-order valence-electron chi connectivity index (χ3n) is 3.57. The average Bonchev–Trinajstić information content (AvgIpc) is 2.25. The molecule has 0 bridgehead atoms. The van der Waals surface area contributed by atoms with E-state index >= 15 is 0 Å². The SMILES string of the molecule is CCNCC(C)(CC)Cc1cc(C)cc(C)c1. The summed E-state index contributed by atoms with van der Waals surface area (Å²) in [6.45, 7) is 13.4. The zero-order valence-electron chi connectivity index (χ0n) is 12.1. The molecule has 1 heteroatoms. The van der Waals surface area contributed by atoms with E-state index in [-0.39, 0.29) is 0 Å². The van der Waals surface area contributed by atoms with Crippen LogP contribution >= 0.6 is 0 Å². The Kier molecular flexibility index (Phi) is 5.20. The molecule has 1 nitrogen and oxygen atoms in total. The standard InChI is InChI=1S/C16H27N/c1-6-16(5,12-17-7-2)11-15-9-13(3)8-14(4)10-15/h8-10,17H,6-7,11-12H2,1-5H3. The van der Waals surface area contributed by atoms with Crippen LogP contribution in [0.1, 0.15) is 43.9 Å². The lowest BCUT2D eigenvalue weighted by molar-refractivity contribution is 0.293. The minimum Gasteiger partial charge on any atom is -0.316 e. The fourth-order valence-electron chi connectivity index (χ4n) is 2.40.